The summed E-state index contributed by atoms with van der Waals surface area (Å²) in [7, 11) is 0. The highest BCUT2D eigenvalue weighted by Crippen LogP contribution is 2.43. The van der Waals surface area contributed by atoms with E-state index in [4.69, 9.17) is 0 Å². The van der Waals surface area contributed by atoms with Crippen LogP contribution in [-0.2, 0) is 4.79 Å². The van der Waals surface area contributed by atoms with Crippen molar-refractivity contribution in [3.63, 3.8) is 0 Å². The largest absolute Gasteiger partial charge is 0.299 e. The third kappa shape index (κ3) is 2.84. The molecule has 90 valence electrons. The first-order valence-electron chi connectivity index (χ1n) is 6.17. The lowest BCUT2D eigenvalue weighted by Crippen LogP contribution is -2.31. The molecule has 0 fully saturated rings. The molecule has 1 aliphatic rings. The maximum atomic E-state index is 11.9. The van der Waals surface area contributed by atoms with Crippen LogP contribution in [0.4, 0.5) is 0 Å². The van der Waals surface area contributed by atoms with E-state index in [1.165, 1.54) is 16.7 Å². The van der Waals surface area contributed by atoms with E-state index in [0.717, 1.165) is 25.7 Å². The molecule has 0 aromatic rings. The summed E-state index contributed by atoms with van der Waals surface area (Å²) < 4.78 is 0. The molecule has 0 aromatic heterocycles. The van der Waals surface area contributed by atoms with Gasteiger partial charge in [-0.1, -0.05) is 22.8 Å². The van der Waals surface area contributed by atoms with Gasteiger partial charge in [0.05, 0.1) is 0 Å². The van der Waals surface area contributed by atoms with E-state index in [2.05, 4.69) is 33.8 Å². The molecular weight excluding hydrogens is 196 g/mol. The van der Waals surface area contributed by atoms with Crippen LogP contribution in [0.15, 0.2) is 22.8 Å². The van der Waals surface area contributed by atoms with E-state index in [-0.39, 0.29) is 5.41 Å². The summed E-state index contributed by atoms with van der Waals surface area (Å²) in [6, 6.07) is 0. The van der Waals surface area contributed by atoms with E-state index >= 15 is 0 Å². The van der Waals surface area contributed by atoms with Crippen molar-refractivity contribution < 1.29 is 4.79 Å². The van der Waals surface area contributed by atoms with Gasteiger partial charge in [0.1, 0.15) is 5.78 Å². The quantitative estimate of drug-likeness (QED) is 0.643. The Morgan fingerprint density at radius 2 is 1.88 bits per heavy atom. The molecule has 0 spiro atoms. The molecule has 1 rings (SSSR count). The molecule has 0 aromatic carbocycles. The van der Waals surface area contributed by atoms with Crippen molar-refractivity contribution in [1.29, 1.82) is 0 Å². The van der Waals surface area contributed by atoms with Gasteiger partial charge in [-0.25, -0.2) is 0 Å². The Bertz CT molecular complexity index is 342. The molecule has 16 heavy (non-hydrogen) atoms. The topological polar surface area (TPSA) is 17.1 Å². The number of hydrogen-bond donors (Lipinski definition) is 0. The van der Waals surface area contributed by atoms with Gasteiger partial charge in [0.2, 0.25) is 0 Å². The molecule has 1 atom stereocenters. The highest BCUT2D eigenvalue weighted by atomic mass is 16.1. The number of Topliss-reactive ketones (excluding diaryl/α,β-unsaturated/α-hetero) is 1. The first kappa shape index (κ1) is 13.2. The summed E-state index contributed by atoms with van der Waals surface area (Å²) in [5.74, 6) is 0.358. The van der Waals surface area contributed by atoms with E-state index in [1.807, 2.05) is 0 Å². The zero-order chi connectivity index (χ0) is 12.3. The van der Waals surface area contributed by atoms with Gasteiger partial charge in [0.15, 0.2) is 0 Å². The zero-order valence-corrected chi connectivity index (χ0v) is 11.3. The fourth-order valence-corrected chi connectivity index (χ4v) is 2.40. The predicted molar refractivity (Wildman–Crippen MR) is 69.4 cm³/mol. The molecule has 1 aliphatic carbocycles. The number of carbonyl (C=O) groups is 1. The second-order valence-corrected chi connectivity index (χ2v) is 5.56. The monoisotopic (exact) mass is 220 g/mol. The van der Waals surface area contributed by atoms with Crippen molar-refractivity contribution in [2.45, 2.75) is 60.3 Å². The lowest BCUT2D eigenvalue weighted by molar-refractivity contribution is -0.127. The van der Waals surface area contributed by atoms with Gasteiger partial charge >= 0.3 is 0 Å². The molecule has 0 radical (unpaired) electrons. The number of ketones is 1. The number of rotatable bonds is 3. The molecule has 1 heteroatoms. The minimum Gasteiger partial charge on any atom is -0.299 e. The molecule has 1 nitrogen and oxygen atoms in total. The Morgan fingerprint density at radius 3 is 2.31 bits per heavy atom. The average Bonchev–Trinajstić information content (AvgIpc) is 2.20. The molecule has 0 saturated heterocycles. The second kappa shape index (κ2) is 4.99. The van der Waals surface area contributed by atoms with Crippen molar-refractivity contribution in [3.8, 4) is 0 Å². The summed E-state index contributed by atoms with van der Waals surface area (Å²) in [6.45, 7) is 10.3. The van der Waals surface area contributed by atoms with E-state index < -0.39 is 0 Å². The van der Waals surface area contributed by atoms with Crippen molar-refractivity contribution in [1.82, 2.24) is 0 Å². The maximum absolute atomic E-state index is 11.9. The van der Waals surface area contributed by atoms with Crippen LogP contribution in [0.1, 0.15) is 60.3 Å². The number of allylic oxidation sites excluding steroid dienone is 4. The minimum absolute atomic E-state index is 0.110. The fourth-order valence-electron chi connectivity index (χ4n) is 2.40. The zero-order valence-electron chi connectivity index (χ0n) is 11.3. The van der Waals surface area contributed by atoms with Crippen LogP contribution < -0.4 is 0 Å². The van der Waals surface area contributed by atoms with Gasteiger partial charge in [-0.3, -0.25) is 4.79 Å². The SMILES string of the molecule is CC(=O)[C@@]1(CC=C(C)C)CCC(C)=C(C)C1. The number of hydrogen-bond acceptors (Lipinski definition) is 1. The highest BCUT2D eigenvalue weighted by molar-refractivity contribution is 5.83. The molecule has 0 saturated carbocycles. The Kier molecular flexibility index (Phi) is 4.12. The first-order chi connectivity index (χ1) is 7.37. The summed E-state index contributed by atoms with van der Waals surface area (Å²) in [4.78, 5) is 11.9. The smallest absolute Gasteiger partial charge is 0.136 e. The molecular formula is C15H24O. The third-order valence-electron chi connectivity index (χ3n) is 3.96. The standard InChI is InChI=1S/C15H24O/c1-11(2)6-8-15(14(5)16)9-7-12(3)13(4)10-15/h6H,7-10H2,1-5H3/t15-/m0/s1. The Labute approximate surface area is 99.6 Å². The predicted octanol–water partition coefficient (Wildman–Crippen LogP) is 4.44. The summed E-state index contributed by atoms with van der Waals surface area (Å²) in [5, 5.41) is 0. The van der Waals surface area contributed by atoms with Gasteiger partial charge in [0.25, 0.3) is 0 Å². The number of carbonyl (C=O) groups excluding carboxylic acids is 1. The van der Waals surface area contributed by atoms with Crippen LogP contribution in [0.25, 0.3) is 0 Å². The average molecular weight is 220 g/mol. The Balaban J connectivity index is 2.93. The normalized spacial score (nSPS) is 25.6. The van der Waals surface area contributed by atoms with Crippen molar-refractivity contribution in [2.24, 2.45) is 5.41 Å². The van der Waals surface area contributed by atoms with Gasteiger partial charge in [0, 0.05) is 5.41 Å². The Morgan fingerprint density at radius 1 is 1.25 bits per heavy atom. The van der Waals surface area contributed by atoms with Gasteiger partial charge in [-0.15, -0.1) is 0 Å². The van der Waals surface area contributed by atoms with Crippen LogP contribution in [0.2, 0.25) is 0 Å². The second-order valence-electron chi connectivity index (χ2n) is 5.56. The van der Waals surface area contributed by atoms with Gasteiger partial charge in [-0.2, -0.15) is 0 Å². The van der Waals surface area contributed by atoms with Crippen LogP contribution in [0, 0.1) is 5.41 Å². The van der Waals surface area contributed by atoms with E-state index in [9.17, 15) is 4.79 Å². The summed E-state index contributed by atoms with van der Waals surface area (Å²) in [6.07, 6.45) is 6.19. The van der Waals surface area contributed by atoms with Crippen LogP contribution in [-0.4, -0.2) is 5.78 Å². The lowest BCUT2D eigenvalue weighted by atomic mass is 9.67. The maximum Gasteiger partial charge on any atom is 0.136 e. The van der Waals surface area contributed by atoms with Crippen molar-refractivity contribution >= 4 is 5.78 Å². The summed E-state index contributed by atoms with van der Waals surface area (Å²) >= 11 is 0. The van der Waals surface area contributed by atoms with E-state index in [0.29, 0.717) is 5.78 Å². The summed E-state index contributed by atoms with van der Waals surface area (Å²) in [5.41, 5.74) is 4.10. The van der Waals surface area contributed by atoms with Crippen LogP contribution >= 0.6 is 0 Å². The highest BCUT2D eigenvalue weighted by Gasteiger charge is 2.36. The Hall–Kier alpha value is -0.850. The van der Waals surface area contributed by atoms with Crippen LogP contribution in [0.5, 0.6) is 0 Å². The third-order valence-corrected chi connectivity index (χ3v) is 3.96. The first-order valence-corrected chi connectivity index (χ1v) is 6.17. The van der Waals surface area contributed by atoms with Crippen molar-refractivity contribution in [3.05, 3.63) is 22.8 Å². The fraction of sp³-hybridized carbons (Fsp3) is 0.667. The molecule has 0 heterocycles. The lowest BCUT2D eigenvalue weighted by Gasteiger charge is -2.35. The minimum atomic E-state index is -0.110. The molecule has 0 unspecified atom stereocenters. The molecule has 0 N–H and O–H groups in total. The molecule has 0 bridgehead atoms. The molecule has 0 amide bonds. The molecule has 0 aliphatic heterocycles. The van der Waals surface area contributed by atoms with Gasteiger partial charge < -0.3 is 0 Å². The van der Waals surface area contributed by atoms with Gasteiger partial charge in [-0.05, 0) is 60.3 Å². The van der Waals surface area contributed by atoms with Crippen molar-refractivity contribution in [2.75, 3.05) is 0 Å². The van der Waals surface area contributed by atoms with Crippen LogP contribution in [0.3, 0.4) is 0 Å². The van der Waals surface area contributed by atoms with E-state index in [1.54, 1.807) is 6.92 Å².